The second-order valence-electron chi connectivity index (χ2n) is 6.16. The maximum Gasteiger partial charge on any atom is 0.305 e. The lowest BCUT2D eigenvalue weighted by Crippen LogP contribution is -2.38. The Bertz CT molecular complexity index is 538. The van der Waals surface area contributed by atoms with Crippen molar-refractivity contribution in [3.8, 4) is 0 Å². The summed E-state index contributed by atoms with van der Waals surface area (Å²) in [6, 6.07) is 0. The lowest BCUT2D eigenvalue weighted by atomic mass is 10.1. The van der Waals surface area contributed by atoms with Gasteiger partial charge in [-0.2, -0.15) is 0 Å². The zero-order valence-electron chi connectivity index (χ0n) is 16.7. The number of hydrogen-bond donors (Lipinski definition) is 2. The van der Waals surface area contributed by atoms with Gasteiger partial charge in [0.2, 0.25) is 0 Å². The maximum absolute atomic E-state index is 11.3. The van der Waals surface area contributed by atoms with E-state index in [1.54, 1.807) is 11.3 Å². The van der Waals surface area contributed by atoms with Crippen LogP contribution in [-0.4, -0.2) is 43.2 Å². The standard InChI is InChI=1S/C19H34N4O2S/c1-5-20-19(22-14-12-17-23-15(3)16(4)26-17)21-13-10-8-7-9-11-18(24)25-6-2/h5-14H2,1-4H3,(H2,20,21,22). The van der Waals surface area contributed by atoms with Gasteiger partial charge < -0.3 is 15.4 Å². The first-order valence-electron chi connectivity index (χ1n) is 9.67. The van der Waals surface area contributed by atoms with Crippen LogP contribution in [0.25, 0.3) is 0 Å². The van der Waals surface area contributed by atoms with Crippen LogP contribution in [0.5, 0.6) is 0 Å². The number of rotatable bonds is 12. The van der Waals surface area contributed by atoms with Crippen LogP contribution >= 0.6 is 11.3 Å². The van der Waals surface area contributed by atoms with Crippen LogP contribution in [0.15, 0.2) is 4.99 Å². The van der Waals surface area contributed by atoms with Crippen LogP contribution in [0.3, 0.4) is 0 Å². The smallest absolute Gasteiger partial charge is 0.305 e. The van der Waals surface area contributed by atoms with Crippen LogP contribution < -0.4 is 10.6 Å². The molecule has 0 unspecified atom stereocenters. The monoisotopic (exact) mass is 382 g/mol. The number of nitrogens with zero attached hydrogens (tertiary/aromatic N) is 2. The van der Waals surface area contributed by atoms with Crippen molar-refractivity contribution in [1.82, 2.24) is 15.6 Å². The molecule has 1 aromatic heterocycles. The minimum atomic E-state index is -0.0882. The Morgan fingerprint density at radius 2 is 1.92 bits per heavy atom. The largest absolute Gasteiger partial charge is 0.466 e. The number of esters is 1. The van der Waals surface area contributed by atoms with Crippen molar-refractivity contribution in [2.75, 3.05) is 26.2 Å². The summed E-state index contributed by atoms with van der Waals surface area (Å²) >= 11 is 1.77. The summed E-state index contributed by atoms with van der Waals surface area (Å²) in [4.78, 5) is 21.7. The summed E-state index contributed by atoms with van der Waals surface area (Å²) in [7, 11) is 0. The third kappa shape index (κ3) is 9.75. The minimum absolute atomic E-state index is 0.0882. The molecule has 0 bridgehead atoms. The van der Waals surface area contributed by atoms with Crippen molar-refractivity contribution in [3.63, 3.8) is 0 Å². The SMILES string of the molecule is CCNC(=NCCCCCCC(=O)OCC)NCCc1nc(C)c(C)s1. The second kappa shape index (κ2) is 13.6. The van der Waals surface area contributed by atoms with Gasteiger partial charge in [-0.25, -0.2) is 4.98 Å². The van der Waals surface area contributed by atoms with Crippen molar-refractivity contribution in [2.45, 2.75) is 66.2 Å². The zero-order valence-corrected chi connectivity index (χ0v) is 17.5. The molecule has 0 fully saturated rings. The molecule has 0 aliphatic rings. The summed E-state index contributed by atoms with van der Waals surface area (Å²) in [6.45, 7) is 11.0. The maximum atomic E-state index is 11.3. The topological polar surface area (TPSA) is 75.6 Å². The molecule has 0 radical (unpaired) electrons. The van der Waals surface area contributed by atoms with Crippen molar-refractivity contribution in [1.29, 1.82) is 0 Å². The molecule has 0 atom stereocenters. The summed E-state index contributed by atoms with van der Waals surface area (Å²) in [5.41, 5.74) is 1.13. The van der Waals surface area contributed by atoms with Gasteiger partial charge in [0, 0.05) is 37.4 Å². The third-order valence-electron chi connectivity index (χ3n) is 3.91. The van der Waals surface area contributed by atoms with Gasteiger partial charge in [0.15, 0.2) is 5.96 Å². The second-order valence-corrected chi connectivity index (χ2v) is 7.44. The molecule has 0 saturated carbocycles. The molecule has 2 N–H and O–H groups in total. The van der Waals surface area contributed by atoms with E-state index in [4.69, 9.17) is 4.74 Å². The van der Waals surface area contributed by atoms with E-state index in [0.29, 0.717) is 13.0 Å². The summed E-state index contributed by atoms with van der Waals surface area (Å²) in [6.07, 6.45) is 5.49. The molecule has 0 spiro atoms. The van der Waals surface area contributed by atoms with Gasteiger partial charge in [-0.05, 0) is 40.5 Å². The first-order chi connectivity index (χ1) is 12.6. The molecule has 6 nitrogen and oxygen atoms in total. The molecule has 0 saturated heterocycles. The minimum Gasteiger partial charge on any atom is -0.466 e. The Morgan fingerprint density at radius 1 is 1.15 bits per heavy atom. The molecule has 148 valence electrons. The first kappa shape index (κ1) is 22.4. The Morgan fingerprint density at radius 3 is 2.58 bits per heavy atom. The van der Waals surface area contributed by atoms with E-state index >= 15 is 0 Å². The number of ether oxygens (including phenoxy) is 1. The fourth-order valence-corrected chi connectivity index (χ4v) is 3.37. The Balaban J connectivity index is 2.18. The Kier molecular flexibility index (Phi) is 11.7. The van der Waals surface area contributed by atoms with E-state index in [1.165, 1.54) is 9.88 Å². The number of nitrogens with one attached hydrogen (secondary N) is 2. The van der Waals surface area contributed by atoms with Crippen LogP contribution in [0.4, 0.5) is 0 Å². The van der Waals surface area contributed by atoms with Gasteiger partial charge in [-0.15, -0.1) is 11.3 Å². The van der Waals surface area contributed by atoms with E-state index in [0.717, 1.165) is 63.4 Å². The lowest BCUT2D eigenvalue weighted by Gasteiger charge is -2.10. The van der Waals surface area contributed by atoms with E-state index < -0.39 is 0 Å². The highest BCUT2D eigenvalue weighted by molar-refractivity contribution is 7.11. The molecule has 1 rings (SSSR count). The van der Waals surface area contributed by atoms with E-state index in [9.17, 15) is 4.79 Å². The summed E-state index contributed by atoms with van der Waals surface area (Å²) in [5.74, 6) is 0.777. The summed E-state index contributed by atoms with van der Waals surface area (Å²) < 4.78 is 4.92. The lowest BCUT2D eigenvalue weighted by molar-refractivity contribution is -0.143. The van der Waals surface area contributed by atoms with Crippen LogP contribution in [0.1, 0.15) is 61.5 Å². The van der Waals surface area contributed by atoms with Crippen molar-refractivity contribution in [2.24, 2.45) is 4.99 Å². The van der Waals surface area contributed by atoms with Crippen LogP contribution in [0, 0.1) is 13.8 Å². The molecular weight excluding hydrogens is 348 g/mol. The highest BCUT2D eigenvalue weighted by Crippen LogP contribution is 2.16. The van der Waals surface area contributed by atoms with E-state index in [1.807, 2.05) is 6.92 Å². The number of aryl methyl sites for hydroxylation is 2. The number of aromatic nitrogens is 1. The fourth-order valence-electron chi connectivity index (χ4n) is 2.43. The van der Waals surface area contributed by atoms with E-state index in [-0.39, 0.29) is 5.97 Å². The predicted molar refractivity (Wildman–Crippen MR) is 109 cm³/mol. The average Bonchev–Trinajstić information content (AvgIpc) is 2.92. The molecule has 1 heterocycles. The van der Waals surface area contributed by atoms with E-state index in [2.05, 4.69) is 41.4 Å². The van der Waals surface area contributed by atoms with Crippen molar-refractivity contribution in [3.05, 3.63) is 15.6 Å². The number of aliphatic imine (C=N–C) groups is 1. The quantitative estimate of drug-likeness (QED) is 0.251. The Labute approximate surface area is 161 Å². The predicted octanol–water partition coefficient (Wildman–Crippen LogP) is 3.37. The van der Waals surface area contributed by atoms with Crippen molar-refractivity contribution < 1.29 is 9.53 Å². The number of thiazole rings is 1. The van der Waals surface area contributed by atoms with Crippen molar-refractivity contribution >= 4 is 23.3 Å². The molecule has 0 aliphatic heterocycles. The number of carbonyl (C=O) groups is 1. The van der Waals surface area contributed by atoms with Gasteiger partial charge in [-0.1, -0.05) is 12.8 Å². The van der Waals surface area contributed by atoms with Gasteiger partial charge in [0.25, 0.3) is 0 Å². The first-order valence-corrected chi connectivity index (χ1v) is 10.5. The normalized spacial score (nSPS) is 11.5. The molecule has 0 aliphatic carbocycles. The van der Waals surface area contributed by atoms with Crippen LogP contribution in [-0.2, 0) is 16.0 Å². The number of carbonyl (C=O) groups excluding carboxylic acids is 1. The molecule has 26 heavy (non-hydrogen) atoms. The fraction of sp³-hybridized carbons (Fsp3) is 0.737. The summed E-state index contributed by atoms with van der Waals surface area (Å²) in [5, 5.41) is 7.82. The number of unbranched alkanes of at least 4 members (excludes halogenated alkanes) is 3. The highest BCUT2D eigenvalue weighted by atomic mass is 32.1. The molecule has 7 heteroatoms. The zero-order chi connectivity index (χ0) is 19.2. The Hall–Kier alpha value is -1.63. The third-order valence-corrected chi connectivity index (χ3v) is 5.05. The average molecular weight is 383 g/mol. The van der Waals surface area contributed by atoms with Crippen LogP contribution in [0.2, 0.25) is 0 Å². The van der Waals surface area contributed by atoms with Gasteiger partial charge in [0.1, 0.15) is 0 Å². The van der Waals surface area contributed by atoms with Gasteiger partial charge >= 0.3 is 5.97 Å². The highest BCUT2D eigenvalue weighted by Gasteiger charge is 2.04. The van der Waals surface area contributed by atoms with Gasteiger partial charge in [-0.3, -0.25) is 9.79 Å². The molecule has 0 amide bonds. The molecular formula is C19H34N4O2S. The number of hydrogen-bond acceptors (Lipinski definition) is 5. The molecule has 0 aromatic carbocycles. The molecule has 1 aromatic rings. The van der Waals surface area contributed by atoms with Gasteiger partial charge in [0.05, 0.1) is 17.3 Å². The number of guanidine groups is 1.